The summed E-state index contributed by atoms with van der Waals surface area (Å²) >= 11 is 12.2. The Balaban J connectivity index is 2.46. The van der Waals surface area contributed by atoms with E-state index in [1.54, 1.807) is 18.3 Å². The molecule has 1 aromatic carbocycles. The highest BCUT2D eigenvalue weighted by Gasteiger charge is 2.16. The third kappa shape index (κ3) is 3.08. The minimum atomic E-state index is -0.123. The van der Waals surface area contributed by atoms with Crippen molar-refractivity contribution < 1.29 is 9.53 Å². The van der Waals surface area contributed by atoms with E-state index in [0.29, 0.717) is 27.9 Å². The fourth-order valence-electron chi connectivity index (χ4n) is 1.95. The van der Waals surface area contributed by atoms with Gasteiger partial charge in [0.15, 0.2) is 0 Å². The Labute approximate surface area is 127 Å². The first-order valence-corrected chi connectivity index (χ1v) is 6.94. The Morgan fingerprint density at radius 3 is 2.65 bits per heavy atom. The van der Waals surface area contributed by atoms with E-state index in [2.05, 4.69) is 0 Å². The van der Waals surface area contributed by atoms with Crippen LogP contribution in [0.2, 0.25) is 10.0 Å². The molecule has 2 rings (SSSR count). The molecule has 108 valence electrons. The molecule has 20 heavy (non-hydrogen) atoms. The quantitative estimate of drug-likeness (QED) is 0.865. The summed E-state index contributed by atoms with van der Waals surface area (Å²) in [7, 11) is 3.94. The van der Waals surface area contributed by atoms with Gasteiger partial charge < -0.3 is 9.64 Å². The van der Waals surface area contributed by atoms with Crippen LogP contribution in [0.3, 0.4) is 0 Å². The van der Waals surface area contributed by atoms with Crippen molar-refractivity contribution in [2.24, 2.45) is 0 Å². The molecule has 0 atom stereocenters. The van der Waals surface area contributed by atoms with Crippen molar-refractivity contribution in [3.05, 3.63) is 28.4 Å². The smallest absolute Gasteiger partial charge is 0.228 e. The van der Waals surface area contributed by atoms with E-state index in [0.717, 1.165) is 11.9 Å². The second kappa shape index (κ2) is 6.04. The molecule has 6 heteroatoms. The van der Waals surface area contributed by atoms with E-state index in [1.165, 1.54) is 11.5 Å². The predicted molar refractivity (Wildman–Crippen MR) is 82.3 cm³/mol. The zero-order valence-electron chi connectivity index (χ0n) is 11.6. The molecule has 0 unspecified atom stereocenters. The van der Waals surface area contributed by atoms with E-state index in [4.69, 9.17) is 27.9 Å². The second-order valence-electron chi connectivity index (χ2n) is 4.82. The van der Waals surface area contributed by atoms with Gasteiger partial charge in [0.25, 0.3) is 0 Å². The lowest BCUT2D eigenvalue weighted by atomic mass is 10.2. The van der Waals surface area contributed by atoms with Crippen molar-refractivity contribution in [2.75, 3.05) is 27.2 Å². The molecule has 0 aliphatic carbocycles. The van der Waals surface area contributed by atoms with Gasteiger partial charge in [-0.25, -0.2) is 0 Å². The minimum Gasteiger partial charge on any atom is -0.490 e. The highest BCUT2D eigenvalue weighted by atomic mass is 35.5. The third-order valence-electron chi connectivity index (χ3n) is 2.92. The lowest BCUT2D eigenvalue weighted by Gasteiger charge is -2.10. The van der Waals surface area contributed by atoms with Crippen molar-refractivity contribution in [1.82, 2.24) is 9.47 Å². The Morgan fingerprint density at radius 2 is 2.05 bits per heavy atom. The number of benzene rings is 1. The highest BCUT2D eigenvalue weighted by molar-refractivity contribution is 6.39. The van der Waals surface area contributed by atoms with Crippen LogP contribution in [-0.4, -0.2) is 42.6 Å². The van der Waals surface area contributed by atoms with Crippen LogP contribution in [0, 0.1) is 0 Å². The van der Waals surface area contributed by atoms with Gasteiger partial charge in [0, 0.05) is 23.9 Å². The monoisotopic (exact) mass is 314 g/mol. The molecule has 0 amide bonds. The fraction of sp³-hybridized carbons (Fsp3) is 0.357. The Morgan fingerprint density at radius 1 is 1.35 bits per heavy atom. The van der Waals surface area contributed by atoms with E-state index >= 15 is 0 Å². The molecule has 0 spiro atoms. The number of hydrogen-bond acceptors (Lipinski definition) is 3. The van der Waals surface area contributed by atoms with Gasteiger partial charge >= 0.3 is 0 Å². The number of likely N-dealkylation sites (N-methyl/N-ethyl adjacent to an activating group) is 1. The van der Waals surface area contributed by atoms with Crippen molar-refractivity contribution in [1.29, 1.82) is 0 Å². The Bertz CT molecular complexity index is 650. The molecule has 0 saturated carbocycles. The Kier molecular flexibility index (Phi) is 4.58. The zero-order chi connectivity index (χ0) is 14.9. The summed E-state index contributed by atoms with van der Waals surface area (Å²) in [5.41, 5.74) is 0.628. The van der Waals surface area contributed by atoms with Crippen LogP contribution in [0.1, 0.15) is 11.7 Å². The fourth-order valence-corrected chi connectivity index (χ4v) is 2.54. The van der Waals surface area contributed by atoms with E-state index < -0.39 is 0 Å². The summed E-state index contributed by atoms with van der Waals surface area (Å²) in [6, 6.07) is 3.38. The maximum atomic E-state index is 11.7. The highest BCUT2D eigenvalue weighted by Crippen LogP contribution is 2.35. The van der Waals surface area contributed by atoms with Crippen LogP contribution in [0.15, 0.2) is 18.3 Å². The van der Waals surface area contributed by atoms with Gasteiger partial charge in [-0.2, -0.15) is 0 Å². The summed E-state index contributed by atoms with van der Waals surface area (Å²) < 4.78 is 7.22. The molecule has 0 saturated heterocycles. The maximum absolute atomic E-state index is 11.7. The normalized spacial score (nSPS) is 11.3. The summed E-state index contributed by atoms with van der Waals surface area (Å²) in [5, 5.41) is 1.70. The second-order valence-corrected chi connectivity index (χ2v) is 5.66. The molecule has 0 aliphatic heterocycles. The van der Waals surface area contributed by atoms with Crippen molar-refractivity contribution in [3.8, 4) is 5.75 Å². The molecule has 4 nitrogen and oxygen atoms in total. The topological polar surface area (TPSA) is 34.5 Å². The van der Waals surface area contributed by atoms with Gasteiger partial charge in [-0.1, -0.05) is 23.2 Å². The molecule has 0 radical (unpaired) electrons. The molecule has 1 heterocycles. The number of carbonyl (C=O) groups excluding carboxylic acids is 1. The summed E-state index contributed by atoms with van der Waals surface area (Å²) in [6.07, 6.45) is 1.66. The summed E-state index contributed by atoms with van der Waals surface area (Å²) in [4.78, 5) is 13.7. The number of fused-ring (bicyclic) bond motifs is 1. The van der Waals surface area contributed by atoms with Gasteiger partial charge in [-0.3, -0.25) is 9.36 Å². The first-order valence-electron chi connectivity index (χ1n) is 6.18. The van der Waals surface area contributed by atoms with Gasteiger partial charge in [-0.05, 0) is 26.2 Å². The maximum Gasteiger partial charge on any atom is 0.228 e. The number of ether oxygens (including phenoxy) is 1. The van der Waals surface area contributed by atoms with Gasteiger partial charge in [0.2, 0.25) is 5.91 Å². The molecular weight excluding hydrogens is 299 g/mol. The molecule has 1 aromatic heterocycles. The largest absolute Gasteiger partial charge is 0.490 e. The minimum absolute atomic E-state index is 0.123. The van der Waals surface area contributed by atoms with Crippen LogP contribution in [0.25, 0.3) is 10.9 Å². The molecule has 2 aromatic rings. The van der Waals surface area contributed by atoms with Gasteiger partial charge in [-0.15, -0.1) is 0 Å². The summed E-state index contributed by atoms with van der Waals surface area (Å²) in [5.74, 6) is 0.489. The third-order valence-corrected chi connectivity index (χ3v) is 3.42. The van der Waals surface area contributed by atoms with Crippen LogP contribution >= 0.6 is 23.2 Å². The first kappa shape index (κ1) is 15.2. The molecule has 0 fully saturated rings. The number of halogens is 2. The predicted octanol–water partition coefficient (Wildman–Crippen LogP) is 3.55. The number of rotatable bonds is 4. The zero-order valence-corrected chi connectivity index (χ0v) is 13.1. The molecule has 0 aliphatic rings. The average Bonchev–Trinajstić information content (AvgIpc) is 2.68. The van der Waals surface area contributed by atoms with Crippen LogP contribution in [-0.2, 0) is 0 Å². The molecule has 0 N–H and O–H groups in total. The summed E-state index contributed by atoms with van der Waals surface area (Å²) in [6.45, 7) is 2.78. The van der Waals surface area contributed by atoms with Crippen molar-refractivity contribution >= 4 is 40.0 Å². The van der Waals surface area contributed by atoms with Crippen molar-refractivity contribution in [3.63, 3.8) is 0 Å². The van der Waals surface area contributed by atoms with Crippen LogP contribution < -0.4 is 4.74 Å². The average molecular weight is 315 g/mol. The Hall–Kier alpha value is -1.23. The standard InChI is InChI=1S/C14H16Cl2N2O2/c1-9(19)18-8-13(20-5-4-17(2)3)11-6-10(15)7-12(16)14(11)18/h6-8H,4-5H2,1-3H3. The molecule has 0 bridgehead atoms. The van der Waals surface area contributed by atoms with Gasteiger partial charge in [0.05, 0.1) is 16.7 Å². The van der Waals surface area contributed by atoms with E-state index in [1.807, 2.05) is 19.0 Å². The van der Waals surface area contributed by atoms with Gasteiger partial charge in [0.1, 0.15) is 12.4 Å². The SMILES string of the molecule is CC(=O)n1cc(OCCN(C)C)c2cc(Cl)cc(Cl)c21. The first-order chi connectivity index (χ1) is 9.40. The number of hydrogen-bond donors (Lipinski definition) is 0. The van der Waals surface area contributed by atoms with Crippen molar-refractivity contribution in [2.45, 2.75) is 6.92 Å². The number of carbonyl (C=O) groups is 1. The lowest BCUT2D eigenvalue weighted by molar-refractivity contribution is 0.0941. The van der Waals surface area contributed by atoms with Crippen LogP contribution in [0.5, 0.6) is 5.75 Å². The van der Waals surface area contributed by atoms with Crippen LogP contribution in [0.4, 0.5) is 0 Å². The van der Waals surface area contributed by atoms with E-state index in [-0.39, 0.29) is 5.91 Å². The lowest BCUT2D eigenvalue weighted by Crippen LogP contribution is -2.19. The number of nitrogens with zero attached hydrogens (tertiary/aromatic N) is 2. The molecular formula is C14H16Cl2N2O2. The number of aromatic nitrogens is 1. The van der Waals surface area contributed by atoms with E-state index in [9.17, 15) is 4.79 Å².